The van der Waals surface area contributed by atoms with Gasteiger partial charge in [-0.1, -0.05) is 27.3 Å². The minimum Gasteiger partial charge on any atom is -0.461 e. The number of H-pyrrole nitrogens is 1. The van der Waals surface area contributed by atoms with Crippen molar-refractivity contribution in [2.24, 2.45) is 0 Å². The van der Waals surface area contributed by atoms with Crippen LogP contribution in [0.25, 0.3) is 10.2 Å². The molecule has 0 aliphatic heterocycles. The summed E-state index contributed by atoms with van der Waals surface area (Å²) in [4.78, 5) is 25.1. The number of aryl methyl sites for hydroxylation is 1. The lowest BCUT2D eigenvalue weighted by Gasteiger charge is -2.02. The van der Waals surface area contributed by atoms with Crippen LogP contribution in [0, 0.1) is 10.1 Å². The fourth-order valence-electron chi connectivity index (χ4n) is 1.82. The molecule has 2 heterocycles. The number of fused-ring (bicyclic) bond motifs is 1. The van der Waals surface area contributed by atoms with E-state index in [9.17, 15) is 14.9 Å². The minimum atomic E-state index is -0.430. The molecule has 8 heteroatoms. The third kappa shape index (κ3) is 2.64. The summed E-state index contributed by atoms with van der Waals surface area (Å²) < 4.78 is 5.72. The van der Waals surface area contributed by atoms with Crippen molar-refractivity contribution in [3.8, 4) is 0 Å². The van der Waals surface area contributed by atoms with Gasteiger partial charge in [-0.15, -0.1) is 0 Å². The van der Waals surface area contributed by atoms with E-state index in [0.29, 0.717) is 29.6 Å². The van der Waals surface area contributed by atoms with Crippen LogP contribution in [0.2, 0.25) is 0 Å². The normalized spacial score (nSPS) is 10.8. The molecular weight excluding hydrogens is 336 g/mol. The number of ether oxygens (including phenoxy) is 1. The largest absolute Gasteiger partial charge is 0.461 e. The predicted octanol–water partition coefficient (Wildman–Crippen LogP) is 3.25. The first-order valence-corrected chi connectivity index (χ1v) is 7.54. The van der Waals surface area contributed by atoms with Crippen LogP contribution in [0.5, 0.6) is 0 Å². The molecule has 0 bridgehead atoms. The molecule has 0 saturated carbocycles. The van der Waals surface area contributed by atoms with Gasteiger partial charge in [0.15, 0.2) is 0 Å². The number of hydrogen-bond acceptors (Lipinski definition) is 5. The number of halogens is 1. The van der Waals surface area contributed by atoms with Gasteiger partial charge in [-0.2, -0.15) is 0 Å². The minimum absolute atomic E-state index is 0.0625. The molecule has 102 valence electrons. The van der Waals surface area contributed by atoms with Gasteiger partial charge in [0.05, 0.1) is 27.8 Å². The summed E-state index contributed by atoms with van der Waals surface area (Å²) in [6, 6.07) is 1.44. The van der Waals surface area contributed by atoms with Crippen molar-refractivity contribution in [3.63, 3.8) is 0 Å². The molecule has 2 rings (SSSR count). The molecule has 19 heavy (non-hydrogen) atoms. The number of aromatic amines is 1. The summed E-state index contributed by atoms with van der Waals surface area (Å²) in [5.74, 6) is -0.426. The molecule has 0 atom stereocenters. The van der Waals surface area contributed by atoms with Crippen LogP contribution in [-0.2, 0) is 11.2 Å². The summed E-state index contributed by atoms with van der Waals surface area (Å²) in [6.45, 7) is 2.03. The van der Waals surface area contributed by atoms with Crippen LogP contribution < -0.4 is 0 Å². The molecule has 0 aliphatic carbocycles. The summed E-state index contributed by atoms with van der Waals surface area (Å²) >= 11 is 4.39. The van der Waals surface area contributed by atoms with Crippen LogP contribution >= 0.6 is 27.3 Å². The third-order valence-corrected chi connectivity index (χ3v) is 4.10. The van der Waals surface area contributed by atoms with Gasteiger partial charge < -0.3 is 9.72 Å². The van der Waals surface area contributed by atoms with Gasteiger partial charge in [-0.3, -0.25) is 10.1 Å². The Morgan fingerprint density at radius 2 is 2.37 bits per heavy atom. The van der Waals surface area contributed by atoms with Crippen molar-refractivity contribution >= 4 is 48.5 Å². The van der Waals surface area contributed by atoms with Crippen LogP contribution in [-0.4, -0.2) is 27.8 Å². The molecule has 0 radical (unpaired) electrons. The fourth-order valence-corrected chi connectivity index (χ4v) is 3.22. The smallest absolute Gasteiger partial charge is 0.355 e. The molecule has 0 fully saturated rings. The highest BCUT2D eigenvalue weighted by atomic mass is 79.9. The molecule has 0 unspecified atom stereocenters. The third-order valence-electron chi connectivity index (χ3n) is 2.56. The lowest BCUT2D eigenvalue weighted by Crippen LogP contribution is -2.08. The van der Waals surface area contributed by atoms with E-state index in [1.807, 2.05) is 0 Å². The standard InChI is InChI=1S/C11H11BrN2O4S/c1-2-18-11(15)9-6(3-4-12)10-7(13-9)5-8(19-10)14(16)17/h5,13H,2-4H2,1H3. The van der Waals surface area contributed by atoms with Crippen LogP contribution in [0.3, 0.4) is 0 Å². The number of rotatable bonds is 5. The summed E-state index contributed by atoms with van der Waals surface area (Å²) in [5.41, 5.74) is 1.76. The quantitative estimate of drug-likeness (QED) is 0.389. The molecular formula is C11H11BrN2O4S. The Hall–Kier alpha value is -1.41. The maximum Gasteiger partial charge on any atom is 0.355 e. The second-order valence-corrected chi connectivity index (χ2v) is 5.55. The van der Waals surface area contributed by atoms with Gasteiger partial charge in [-0.25, -0.2) is 4.79 Å². The number of hydrogen-bond donors (Lipinski definition) is 1. The zero-order chi connectivity index (χ0) is 14.0. The van der Waals surface area contributed by atoms with Gasteiger partial charge in [0, 0.05) is 10.9 Å². The summed E-state index contributed by atoms with van der Waals surface area (Å²) in [6.07, 6.45) is 0.603. The lowest BCUT2D eigenvalue weighted by molar-refractivity contribution is -0.380. The van der Waals surface area contributed by atoms with Crippen molar-refractivity contribution in [1.82, 2.24) is 4.98 Å². The van der Waals surface area contributed by atoms with Gasteiger partial charge in [-0.05, 0) is 13.3 Å². The number of nitro groups is 1. The van der Waals surface area contributed by atoms with Gasteiger partial charge in [0.25, 0.3) is 0 Å². The maximum absolute atomic E-state index is 11.8. The van der Waals surface area contributed by atoms with Crippen LogP contribution in [0.4, 0.5) is 5.00 Å². The molecule has 0 amide bonds. The number of carbonyl (C=O) groups is 1. The fraction of sp³-hybridized carbons (Fsp3) is 0.364. The first kappa shape index (κ1) is 14.0. The molecule has 2 aromatic rings. The highest BCUT2D eigenvalue weighted by Crippen LogP contribution is 2.35. The Kier molecular flexibility index (Phi) is 4.20. The average molecular weight is 347 g/mol. The SMILES string of the molecule is CCOC(=O)c1[nH]c2cc([N+](=O)[O-])sc2c1CCBr. The topological polar surface area (TPSA) is 85.2 Å². The number of alkyl halides is 1. The van der Waals surface area contributed by atoms with Crippen molar-refractivity contribution < 1.29 is 14.5 Å². The van der Waals surface area contributed by atoms with Gasteiger partial charge >= 0.3 is 11.0 Å². The first-order chi connectivity index (χ1) is 9.08. The Balaban J connectivity index is 2.53. The van der Waals surface area contributed by atoms with Crippen molar-refractivity contribution in [2.45, 2.75) is 13.3 Å². The Bertz CT molecular complexity index is 634. The zero-order valence-corrected chi connectivity index (χ0v) is 12.5. The predicted molar refractivity (Wildman–Crippen MR) is 76.3 cm³/mol. The molecule has 6 nitrogen and oxygen atoms in total. The number of carbonyl (C=O) groups excluding carboxylic acids is 1. The van der Waals surface area contributed by atoms with Crippen molar-refractivity contribution in [1.29, 1.82) is 0 Å². The first-order valence-electron chi connectivity index (χ1n) is 5.60. The van der Waals surface area contributed by atoms with Crippen LogP contribution in [0.15, 0.2) is 6.07 Å². The summed E-state index contributed by atoms with van der Waals surface area (Å²) in [7, 11) is 0. The molecule has 0 aliphatic rings. The highest BCUT2D eigenvalue weighted by molar-refractivity contribution is 9.09. The number of thiophene rings is 1. The Morgan fingerprint density at radius 3 is 2.95 bits per heavy atom. The second-order valence-electron chi connectivity index (χ2n) is 3.72. The average Bonchev–Trinajstić information content (AvgIpc) is 2.89. The Morgan fingerprint density at radius 1 is 1.63 bits per heavy atom. The van der Waals surface area contributed by atoms with E-state index >= 15 is 0 Å². The van der Waals surface area contributed by atoms with E-state index in [1.54, 1.807) is 6.92 Å². The van der Waals surface area contributed by atoms with Gasteiger partial charge in [0.2, 0.25) is 0 Å². The second kappa shape index (κ2) is 5.70. The molecule has 1 N–H and O–H groups in total. The van der Waals surface area contributed by atoms with E-state index < -0.39 is 10.9 Å². The Labute approximate surface area is 121 Å². The highest BCUT2D eigenvalue weighted by Gasteiger charge is 2.23. The molecule has 0 saturated heterocycles. The number of nitrogens with zero attached hydrogens (tertiary/aromatic N) is 1. The maximum atomic E-state index is 11.8. The van der Waals surface area contributed by atoms with Crippen molar-refractivity contribution in [3.05, 3.63) is 27.4 Å². The summed E-state index contributed by atoms with van der Waals surface area (Å²) in [5, 5.41) is 11.5. The van der Waals surface area contributed by atoms with Crippen molar-refractivity contribution in [2.75, 3.05) is 11.9 Å². The van der Waals surface area contributed by atoms with E-state index in [1.165, 1.54) is 6.07 Å². The lowest BCUT2D eigenvalue weighted by atomic mass is 10.2. The monoisotopic (exact) mass is 346 g/mol. The van der Waals surface area contributed by atoms with Crippen LogP contribution in [0.1, 0.15) is 23.0 Å². The molecule has 0 aromatic carbocycles. The van der Waals surface area contributed by atoms with E-state index in [4.69, 9.17) is 4.74 Å². The zero-order valence-electron chi connectivity index (χ0n) is 10.1. The van der Waals surface area contributed by atoms with E-state index in [2.05, 4.69) is 20.9 Å². The number of aromatic nitrogens is 1. The molecule has 2 aromatic heterocycles. The number of esters is 1. The van der Waals surface area contributed by atoms with Gasteiger partial charge in [0.1, 0.15) is 5.69 Å². The number of nitrogens with one attached hydrogen (secondary N) is 1. The van der Waals surface area contributed by atoms with E-state index in [0.717, 1.165) is 21.6 Å². The molecule has 0 spiro atoms. The van der Waals surface area contributed by atoms with E-state index in [-0.39, 0.29) is 5.00 Å².